The molecule has 2 N–H and O–H groups in total. The molecule has 1 aromatic heterocycles. The van der Waals surface area contributed by atoms with Gasteiger partial charge in [-0.05, 0) is 47.0 Å². The molecular weight excluding hydrogens is 311 g/mol. The van der Waals surface area contributed by atoms with Crippen LogP contribution < -0.4 is 10.6 Å². The van der Waals surface area contributed by atoms with E-state index < -0.39 is 0 Å². The van der Waals surface area contributed by atoms with E-state index in [1.54, 1.807) is 0 Å². The summed E-state index contributed by atoms with van der Waals surface area (Å²) in [4.78, 5) is 12.6. The predicted molar refractivity (Wildman–Crippen MR) is 65.8 cm³/mol. The third-order valence-corrected chi connectivity index (χ3v) is 4.40. The molecule has 14 heavy (non-hydrogen) atoms. The predicted octanol–water partition coefficient (Wildman–Crippen LogP) is 1.44. The van der Waals surface area contributed by atoms with E-state index in [2.05, 4.69) is 33.2 Å². The van der Waals surface area contributed by atoms with Gasteiger partial charge in [-0.1, -0.05) is 0 Å². The lowest BCUT2D eigenvalue weighted by Crippen LogP contribution is -2.36. The summed E-state index contributed by atoms with van der Waals surface area (Å²) in [6.45, 7) is 1.90. The summed E-state index contributed by atoms with van der Waals surface area (Å²) in [5.74, 6) is 0.0677. The number of thiophene rings is 1. The molecule has 1 atom stereocenters. The van der Waals surface area contributed by atoms with E-state index in [9.17, 15) is 4.79 Å². The molecular formula is C9H11IN2OS. The molecule has 0 aliphatic carbocycles. The van der Waals surface area contributed by atoms with Crippen LogP contribution in [0.4, 0.5) is 0 Å². The molecule has 76 valence electrons. The Labute approximate surface area is 100 Å². The molecule has 0 aromatic carbocycles. The average molecular weight is 322 g/mol. The van der Waals surface area contributed by atoms with Crippen molar-refractivity contribution >= 4 is 39.8 Å². The number of halogens is 1. The fourth-order valence-electron chi connectivity index (χ4n) is 1.48. The molecule has 0 radical (unpaired) electrons. The first-order valence-electron chi connectivity index (χ1n) is 4.52. The summed E-state index contributed by atoms with van der Waals surface area (Å²) in [5, 5.41) is 8.20. The first kappa shape index (κ1) is 10.4. The van der Waals surface area contributed by atoms with Crippen molar-refractivity contribution in [1.82, 2.24) is 10.6 Å². The van der Waals surface area contributed by atoms with Crippen molar-refractivity contribution in [2.24, 2.45) is 0 Å². The molecule has 2 heterocycles. The number of carbonyl (C=O) groups is 1. The van der Waals surface area contributed by atoms with E-state index in [4.69, 9.17) is 0 Å². The summed E-state index contributed by atoms with van der Waals surface area (Å²) in [5.41, 5.74) is 0. The fourth-order valence-corrected chi connectivity index (χ4v) is 3.22. The highest BCUT2D eigenvalue weighted by Gasteiger charge is 2.19. The quantitative estimate of drug-likeness (QED) is 0.809. The summed E-state index contributed by atoms with van der Waals surface area (Å²) in [6.07, 6.45) is 1.04. The van der Waals surface area contributed by atoms with Crippen molar-refractivity contribution in [3.63, 3.8) is 0 Å². The van der Waals surface area contributed by atoms with Crippen molar-refractivity contribution in [3.05, 3.63) is 19.9 Å². The molecule has 1 fully saturated rings. The highest BCUT2D eigenvalue weighted by molar-refractivity contribution is 14.1. The van der Waals surface area contributed by atoms with Crippen LogP contribution in [0.1, 0.15) is 16.1 Å². The number of carbonyl (C=O) groups excluding carboxylic acids is 1. The van der Waals surface area contributed by atoms with Gasteiger partial charge in [-0.2, -0.15) is 0 Å². The van der Waals surface area contributed by atoms with Crippen molar-refractivity contribution in [2.75, 3.05) is 13.1 Å². The highest BCUT2D eigenvalue weighted by atomic mass is 127. The van der Waals surface area contributed by atoms with Crippen LogP contribution in [0, 0.1) is 3.57 Å². The lowest BCUT2D eigenvalue weighted by Gasteiger charge is -2.10. The van der Waals surface area contributed by atoms with Gasteiger partial charge in [0.1, 0.15) is 4.88 Å². The van der Waals surface area contributed by atoms with E-state index in [0.29, 0.717) is 6.04 Å². The van der Waals surface area contributed by atoms with Crippen molar-refractivity contribution in [2.45, 2.75) is 12.5 Å². The van der Waals surface area contributed by atoms with Gasteiger partial charge in [0, 0.05) is 16.2 Å². The Hall–Kier alpha value is -0.140. The Bertz CT molecular complexity index is 333. The maximum Gasteiger partial charge on any atom is 0.262 e. The van der Waals surface area contributed by atoms with E-state index in [0.717, 1.165) is 28.0 Å². The second-order valence-corrected chi connectivity index (χ2v) is 5.34. The molecule has 0 spiro atoms. The summed E-state index contributed by atoms with van der Waals surface area (Å²) in [6, 6.07) is 2.27. The third kappa shape index (κ3) is 2.26. The molecule has 0 saturated carbocycles. The van der Waals surface area contributed by atoms with Crippen molar-refractivity contribution < 1.29 is 4.79 Å². The zero-order valence-corrected chi connectivity index (χ0v) is 10.5. The zero-order chi connectivity index (χ0) is 9.97. The molecule has 1 amide bonds. The molecule has 1 aliphatic heterocycles. The van der Waals surface area contributed by atoms with Gasteiger partial charge in [0.25, 0.3) is 5.91 Å². The summed E-state index contributed by atoms with van der Waals surface area (Å²) in [7, 11) is 0. The minimum Gasteiger partial charge on any atom is -0.347 e. The van der Waals surface area contributed by atoms with E-state index >= 15 is 0 Å². The Morgan fingerprint density at radius 1 is 1.71 bits per heavy atom. The number of amides is 1. The number of hydrogen-bond acceptors (Lipinski definition) is 3. The SMILES string of the molecule is O=C(N[C@@H]1CCNC1)c1sccc1I. The van der Waals surface area contributed by atoms with Gasteiger partial charge in [0.2, 0.25) is 0 Å². The first-order chi connectivity index (χ1) is 6.77. The van der Waals surface area contributed by atoms with Gasteiger partial charge in [0.05, 0.1) is 0 Å². The Morgan fingerprint density at radius 3 is 3.14 bits per heavy atom. The summed E-state index contributed by atoms with van der Waals surface area (Å²) < 4.78 is 1.04. The van der Waals surface area contributed by atoms with E-state index in [1.807, 2.05) is 11.4 Å². The van der Waals surface area contributed by atoms with Crippen LogP contribution >= 0.6 is 33.9 Å². The van der Waals surface area contributed by atoms with Gasteiger partial charge in [-0.3, -0.25) is 4.79 Å². The largest absolute Gasteiger partial charge is 0.347 e. The Morgan fingerprint density at radius 2 is 2.57 bits per heavy atom. The van der Waals surface area contributed by atoms with Crippen LogP contribution in [0.5, 0.6) is 0 Å². The summed E-state index contributed by atoms with van der Waals surface area (Å²) >= 11 is 3.69. The standard InChI is InChI=1S/C9H11IN2OS/c10-7-2-4-14-8(7)9(13)12-6-1-3-11-5-6/h2,4,6,11H,1,3,5H2,(H,12,13)/t6-/m1/s1. The minimum atomic E-state index is 0.0677. The number of rotatable bonds is 2. The molecule has 0 bridgehead atoms. The van der Waals surface area contributed by atoms with E-state index in [-0.39, 0.29) is 5.91 Å². The smallest absolute Gasteiger partial charge is 0.262 e. The molecule has 1 aliphatic rings. The number of nitrogens with one attached hydrogen (secondary N) is 2. The van der Waals surface area contributed by atoms with Crippen LogP contribution in [0.15, 0.2) is 11.4 Å². The maximum absolute atomic E-state index is 11.7. The van der Waals surface area contributed by atoms with Gasteiger partial charge < -0.3 is 10.6 Å². The molecule has 3 nitrogen and oxygen atoms in total. The maximum atomic E-state index is 11.7. The first-order valence-corrected chi connectivity index (χ1v) is 6.48. The fraction of sp³-hybridized carbons (Fsp3) is 0.444. The molecule has 2 rings (SSSR count). The normalized spacial score (nSPS) is 21.1. The van der Waals surface area contributed by atoms with Crippen molar-refractivity contribution in [1.29, 1.82) is 0 Å². The van der Waals surface area contributed by atoms with Crippen LogP contribution in [0.25, 0.3) is 0 Å². The van der Waals surface area contributed by atoms with Crippen LogP contribution in [-0.4, -0.2) is 25.0 Å². The number of hydrogen-bond donors (Lipinski definition) is 2. The highest BCUT2D eigenvalue weighted by Crippen LogP contribution is 2.18. The molecule has 1 saturated heterocycles. The van der Waals surface area contributed by atoms with Gasteiger partial charge in [-0.15, -0.1) is 11.3 Å². The molecule has 5 heteroatoms. The average Bonchev–Trinajstić information content (AvgIpc) is 2.75. The zero-order valence-electron chi connectivity index (χ0n) is 7.55. The molecule has 1 aromatic rings. The van der Waals surface area contributed by atoms with E-state index in [1.165, 1.54) is 11.3 Å². The van der Waals surface area contributed by atoms with Gasteiger partial charge in [0.15, 0.2) is 0 Å². The van der Waals surface area contributed by atoms with Crippen LogP contribution in [0.2, 0.25) is 0 Å². The van der Waals surface area contributed by atoms with Crippen LogP contribution in [-0.2, 0) is 0 Å². The van der Waals surface area contributed by atoms with Gasteiger partial charge >= 0.3 is 0 Å². The monoisotopic (exact) mass is 322 g/mol. The second-order valence-electron chi connectivity index (χ2n) is 3.26. The molecule has 0 unspecified atom stereocenters. The second kappa shape index (κ2) is 4.59. The minimum absolute atomic E-state index is 0.0677. The lowest BCUT2D eigenvalue weighted by molar-refractivity contribution is 0.0943. The lowest BCUT2D eigenvalue weighted by atomic mass is 10.2. The Balaban J connectivity index is 1.98. The van der Waals surface area contributed by atoms with Crippen LogP contribution in [0.3, 0.4) is 0 Å². The van der Waals surface area contributed by atoms with Crippen molar-refractivity contribution in [3.8, 4) is 0 Å². The topological polar surface area (TPSA) is 41.1 Å². The Kier molecular flexibility index (Phi) is 3.40. The third-order valence-electron chi connectivity index (χ3n) is 2.22. The van der Waals surface area contributed by atoms with Gasteiger partial charge in [-0.25, -0.2) is 0 Å².